The average Bonchev–Trinajstić information content (AvgIpc) is 2.64. The van der Waals surface area contributed by atoms with E-state index in [9.17, 15) is 4.79 Å². The normalized spacial score (nSPS) is 32.4. The molecule has 3 heteroatoms. The first kappa shape index (κ1) is 15.7. The summed E-state index contributed by atoms with van der Waals surface area (Å²) in [6.07, 6.45) is 7.97. The lowest BCUT2D eigenvalue weighted by atomic mass is 9.54. The van der Waals surface area contributed by atoms with Crippen molar-refractivity contribution in [1.29, 1.82) is 0 Å². The lowest BCUT2D eigenvalue weighted by Gasteiger charge is -2.55. The van der Waals surface area contributed by atoms with E-state index in [4.69, 9.17) is 9.47 Å². The summed E-state index contributed by atoms with van der Waals surface area (Å²) in [6, 6.07) is 13.8. The van der Waals surface area contributed by atoms with Gasteiger partial charge in [0.2, 0.25) is 0 Å². The molecule has 0 aromatic heterocycles. The molecule has 0 saturated heterocycles. The summed E-state index contributed by atoms with van der Waals surface area (Å²) in [5.41, 5.74) is 2.56. The SMILES string of the molecule is O=C(OC12CC3CC(CC(C3)C1)C2)c1cccc2c1Cc1ccccc1O2. The van der Waals surface area contributed by atoms with Gasteiger partial charge in [-0.2, -0.15) is 0 Å². The van der Waals surface area contributed by atoms with E-state index >= 15 is 0 Å². The van der Waals surface area contributed by atoms with Gasteiger partial charge in [0.15, 0.2) is 0 Å². The van der Waals surface area contributed by atoms with Gasteiger partial charge in [-0.3, -0.25) is 0 Å². The van der Waals surface area contributed by atoms with Crippen molar-refractivity contribution in [1.82, 2.24) is 0 Å². The standard InChI is InChI=1S/C24H24O3/c25-23(27-24-12-15-8-16(13-24)10-17(9-15)14-24)19-5-3-7-22-20(19)11-18-4-1-2-6-21(18)26-22/h1-7,15-17H,8-14H2. The first-order chi connectivity index (χ1) is 13.2. The molecule has 4 aliphatic carbocycles. The van der Waals surface area contributed by atoms with Crippen LogP contribution >= 0.6 is 0 Å². The minimum atomic E-state index is -0.206. The van der Waals surface area contributed by atoms with Crippen molar-refractivity contribution in [3.63, 3.8) is 0 Å². The number of hydrogen-bond donors (Lipinski definition) is 0. The van der Waals surface area contributed by atoms with Gasteiger partial charge in [-0.25, -0.2) is 4.79 Å². The lowest BCUT2D eigenvalue weighted by molar-refractivity contribution is -0.131. The molecule has 0 atom stereocenters. The third kappa shape index (κ3) is 2.51. The number of carbonyl (C=O) groups excluding carboxylic acids is 1. The number of para-hydroxylation sites is 1. The molecule has 27 heavy (non-hydrogen) atoms. The van der Waals surface area contributed by atoms with Crippen LogP contribution in [-0.4, -0.2) is 11.6 Å². The molecule has 1 aliphatic heterocycles. The minimum absolute atomic E-state index is 0.156. The monoisotopic (exact) mass is 360 g/mol. The third-order valence-corrected chi connectivity index (χ3v) is 7.20. The zero-order chi connectivity index (χ0) is 18.0. The second-order valence-corrected chi connectivity index (χ2v) is 9.16. The number of ether oxygens (including phenoxy) is 2. The Kier molecular flexibility index (Phi) is 3.27. The van der Waals surface area contributed by atoms with Crippen LogP contribution in [0.4, 0.5) is 0 Å². The van der Waals surface area contributed by atoms with Crippen molar-refractivity contribution in [2.45, 2.75) is 50.5 Å². The van der Waals surface area contributed by atoms with Crippen LogP contribution in [0.3, 0.4) is 0 Å². The van der Waals surface area contributed by atoms with Crippen LogP contribution in [0.1, 0.15) is 60.0 Å². The highest BCUT2D eigenvalue weighted by atomic mass is 16.6. The maximum atomic E-state index is 13.2. The molecule has 2 aromatic carbocycles. The Morgan fingerprint density at radius 2 is 1.56 bits per heavy atom. The third-order valence-electron chi connectivity index (χ3n) is 7.20. The van der Waals surface area contributed by atoms with Gasteiger partial charge in [-0.15, -0.1) is 0 Å². The van der Waals surface area contributed by atoms with E-state index in [1.165, 1.54) is 19.3 Å². The van der Waals surface area contributed by atoms with Gasteiger partial charge in [-0.1, -0.05) is 24.3 Å². The molecule has 0 N–H and O–H groups in total. The summed E-state index contributed by atoms with van der Waals surface area (Å²) < 4.78 is 12.4. The summed E-state index contributed by atoms with van der Waals surface area (Å²) in [4.78, 5) is 13.2. The Morgan fingerprint density at radius 1 is 0.889 bits per heavy atom. The van der Waals surface area contributed by atoms with E-state index in [-0.39, 0.29) is 11.6 Å². The second-order valence-electron chi connectivity index (χ2n) is 9.16. The molecule has 7 rings (SSSR count). The predicted octanol–water partition coefficient (Wildman–Crippen LogP) is 5.51. The van der Waals surface area contributed by atoms with E-state index in [0.717, 1.165) is 66.1 Å². The van der Waals surface area contributed by atoms with E-state index in [1.807, 2.05) is 36.4 Å². The first-order valence-corrected chi connectivity index (χ1v) is 10.3. The first-order valence-electron chi connectivity index (χ1n) is 10.3. The molecular weight excluding hydrogens is 336 g/mol. The number of benzene rings is 2. The maximum absolute atomic E-state index is 13.2. The van der Waals surface area contributed by atoms with Gasteiger partial charge in [0.05, 0.1) is 5.56 Å². The summed E-state index contributed by atoms with van der Waals surface area (Å²) in [5.74, 6) is 3.82. The smallest absolute Gasteiger partial charge is 0.339 e. The van der Waals surface area contributed by atoms with Gasteiger partial charge in [0.25, 0.3) is 0 Å². The zero-order valence-corrected chi connectivity index (χ0v) is 15.4. The molecule has 0 amide bonds. The Balaban J connectivity index is 1.31. The topological polar surface area (TPSA) is 35.5 Å². The lowest BCUT2D eigenvalue weighted by Crippen LogP contribution is -2.52. The van der Waals surface area contributed by atoms with Crippen LogP contribution in [0.5, 0.6) is 11.5 Å². The largest absolute Gasteiger partial charge is 0.457 e. The maximum Gasteiger partial charge on any atom is 0.339 e. The van der Waals surface area contributed by atoms with E-state index < -0.39 is 0 Å². The molecule has 5 aliphatic rings. The highest BCUT2D eigenvalue weighted by Crippen LogP contribution is 2.57. The van der Waals surface area contributed by atoms with Crippen LogP contribution < -0.4 is 4.74 Å². The molecule has 4 saturated carbocycles. The van der Waals surface area contributed by atoms with Crippen LogP contribution in [0.15, 0.2) is 42.5 Å². The van der Waals surface area contributed by atoms with Crippen molar-refractivity contribution in [2.75, 3.05) is 0 Å². The van der Waals surface area contributed by atoms with Crippen molar-refractivity contribution < 1.29 is 14.3 Å². The molecule has 0 spiro atoms. The molecule has 0 radical (unpaired) electrons. The van der Waals surface area contributed by atoms with Gasteiger partial charge >= 0.3 is 5.97 Å². The molecular formula is C24H24O3. The van der Waals surface area contributed by atoms with E-state index in [2.05, 4.69) is 6.07 Å². The number of rotatable bonds is 2. The minimum Gasteiger partial charge on any atom is -0.457 e. The Bertz CT molecular complexity index is 894. The molecule has 4 fully saturated rings. The molecule has 3 nitrogen and oxygen atoms in total. The van der Waals surface area contributed by atoms with Crippen LogP contribution in [-0.2, 0) is 11.2 Å². The summed E-state index contributed by atoms with van der Waals surface area (Å²) >= 11 is 0. The van der Waals surface area contributed by atoms with Crippen LogP contribution in [0.25, 0.3) is 0 Å². The quantitative estimate of drug-likeness (QED) is 0.565. The van der Waals surface area contributed by atoms with Gasteiger partial charge in [-0.05, 0) is 80.0 Å². The van der Waals surface area contributed by atoms with Crippen molar-refractivity contribution >= 4 is 5.97 Å². The number of hydrogen-bond acceptors (Lipinski definition) is 3. The van der Waals surface area contributed by atoms with E-state index in [0.29, 0.717) is 5.56 Å². The summed E-state index contributed by atoms with van der Waals surface area (Å²) in [5, 5.41) is 0. The molecule has 0 unspecified atom stereocenters. The fraction of sp³-hybridized carbons (Fsp3) is 0.458. The number of carbonyl (C=O) groups is 1. The fourth-order valence-electron chi connectivity index (χ4n) is 6.50. The predicted molar refractivity (Wildman–Crippen MR) is 102 cm³/mol. The van der Waals surface area contributed by atoms with Gasteiger partial charge in [0, 0.05) is 12.0 Å². The summed E-state index contributed by atoms with van der Waals surface area (Å²) in [7, 11) is 0. The highest BCUT2D eigenvalue weighted by Gasteiger charge is 2.53. The fourth-order valence-corrected chi connectivity index (χ4v) is 6.50. The van der Waals surface area contributed by atoms with Gasteiger partial charge < -0.3 is 9.47 Å². The Hall–Kier alpha value is -2.29. The summed E-state index contributed by atoms with van der Waals surface area (Å²) in [6.45, 7) is 0. The zero-order valence-electron chi connectivity index (χ0n) is 15.4. The van der Waals surface area contributed by atoms with Crippen molar-refractivity contribution in [2.24, 2.45) is 17.8 Å². The molecule has 2 aromatic rings. The van der Waals surface area contributed by atoms with E-state index in [1.54, 1.807) is 0 Å². The van der Waals surface area contributed by atoms with Gasteiger partial charge in [0.1, 0.15) is 17.1 Å². The van der Waals surface area contributed by atoms with Crippen LogP contribution in [0, 0.1) is 17.8 Å². The average molecular weight is 360 g/mol. The number of esters is 1. The van der Waals surface area contributed by atoms with Crippen LogP contribution in [0.2, 0.25) is 0 Å². The van der Waals surface area contributed by atoms with Crippen molar-refractivity contribution in [3.05, 3.63) is 59.2 Å². The second kappa shape index (κ2) is 5.60. The Labute approximate surface area is 159 Å². The Morgan fingerprint density at radius 3 is 2.30 bits per heavy atom. The number of fused-ring (bicyclic) bond motifs is 2. The molecule has 4 bridgehead atoms. The molecule has 1 heterocycles. The van der Waals surface area contributed by atoms with Crippen molar-refractivity contribution in [3.8, 4) is 11.5 Å². The molecule has 138 valence electrons. The highest BCUT2D eigenvalue weighted by molar-refractivity contribution is 5.92.